The Morgan fingerprint density at radius 2 is 1.78 bits per heavy atom. The first-order valence-corrected chi connectivity index (χ1v) is 15.1. The van der Waals surface area contributed by atoms with Crippen molar-refractivity contribution >= 4 is 45.9 Å². The van der Waals surface area contributed by atoms with E-state index < -0.39 is 11.2 Å². The lowest BCUT2D eigenvalue weighted by Gasteiger charge is -2.13. The van der Waals surface area contributed by atoms with Crippen molar-refractivity contribution < 1.29 is 28.6 Å². The van der Waals surface area contributed by atoms with Gasteiger partial charge in [-0.2, -0.15) is 0 Å². The number of ether oxygens (including phenoxy) is 3. The lowest BCUT2D eigenvalue weighted by atomic mass is 10.1. The molecule has 0 bridgehead atoms. The third kappa shape index (κ3) is 7.20. The molecule has 41 heavy (non-hydrogen) atoms. The molecule has 4 rings (SSSR count). The van der Waals surface area contributed by atoms with E-state index in [4.69, 9.17) is 14.2 Å². The maximum absolute atomic E-state index is 13.2. The van der Waals surface area contributed by atoms with Gasteiger partial charge in [-0.1, -0.05) is 18.2 Å². The second-order valence-corrected chi connectivity index (χ2v) is 11.9. The highest BCUT2D eigenvalue weighted by Gasteiger charge is 2.28. The Morgan fingerprint density at radius 3 is 2.46 bits per heavy atom. The fourth-order valence-corrected chi connectivity index (χ4v) is 6.59. The smallest absolute Gasteiger partial charge is 0.341 e. The number of anilines is 1. The number of nitrogens with one attached hydrogen (secondary N) is 2. The third-order valence-electron chi connectivity index (χ3n) is 6.73. The Hall–Kier alpha value is -3.58. The predicted molar refractivity (Wildman–Crippen MR) is 157 cm³/mol. The number of aryl methyl sites for hydroxylation is 1. The van der Waals surface area contributed by atoms with Crippen LogP contribution in [0, 0.1) is 0 Å². The lowest BCUT2D eigenvalue weighted by molar-refractivity contribution is -0.115. The third-order valence-corrected chi connectivity index (χ3v) is 9.08. The van der Waals surface area contributed by atoms with Crippen molar-refractivity contribution in [2.24, 2.45) is 7.05 Å². The number of hydrogen-bond acceptors (Lipinski definition) is 10. The molecule has 0 saturated heterocycles. The van der Waals surface area contributed by atoms with Gasteiger partial charge in [-0.3, -0.25) is 9.59 Å². The number of carbonyl (C=O) groups excluding carboxylic acids is 3. The van der Waals surface area contributed by atoms with Crippen LogP contribution >= 0.6 is 23.1 Å². The van der Waals surface area contributed by atoms with Crippen molar-refractivity contribution in [3.05, 3.63) is 45.6 Å². The number of amides is 2. The summed E-state index contributed by atoms with van der Waals surface area (Å²) in [6, 6.07) is 4.93. The number of rotatable bonds is 11. The monoisotopic (exact) mass is 601 g/mol. The summed E-state index contributed by atoms with van der Waals surface area (Å²) in [6.07, 6.45) is 4.91. The second kappa shape index (κ2) is 13.9. The standard InChI is InChI=1S/C28H35N5O6S2/c1-6-39-27(36)23-20-10-8-7-9-11-21(20)41-26(23)30-24(34)16(2)40-28-32-31-22(33(28)3)15-29-25(35)17-12-18(37-4)14-19(13-17)38-5/h12-14,16H,6-11,15H2,1-5H3,(H,29,35)(H,30,34). The molecule has 0 aliphatic heterocycles. The molecule has 1 aromatic carbocycles. The van der Waals surface area contributed by atoms with Gasteiger partial charge < -0.3 is 29.4 Å². The van der Waals surface area contributed by atoms with Crippen LogP contribution in [-0.2, 0) is 36.0 Å². The van der Waals surface area contributed by atoms with Crippen LogP contribution in [0.4, 0.5) is 5.00 Å². The number of thiophene rings is 1. The Bertz CT molecular complexity index is 1400. The maximum atomic E-state index is 13.2. The number of hydrogen-bond donors (Lipinski definition) is 2. The summed E-state index contributed by atoms with van der Waals surface area (Å²) < 4.78 is 17.5. The molecule has 0 fully saturated rings. The summed E-state index contributed by atoms with van der Waals surface area (Å²) in [6.45, 7) is 3.95. The summed E-state index contributed by atoms with van der Waals surface area (Å²) in [5.74, 6) is 0.573. The molecule has 0 spiro atoms. The molecule has 3 aromatic rings. The van der Waals surface area contributed by atoms with Gasteiger partial charge in [0.05, 0.1) is 38.2 Å². The molecular formula is C28H35N5O6S2. The normalized spacial score (nSPS) is 13.5. The summed E-state index contributed by atoms with van der Waals surface area (Å²) in [4.78, 5) is 39.9. The van der Waals surface area contributed by atoms with Crippen LogP contribution in [0.15, 0.2) is 23.4 Å². The number of nitrogens with zero attached hydrogens (tertiary/aromatic N) is 3. The molecule has 1 aliphatic rings. The fraction of sp³-hybridized carbons (Fsp3) is 0.464. The van der Waals surface area contributed by atoms with E-state index in [0.717, 1.165) is 42.5 Å². The van der Waals surface area contributed by atoms with Crippen LogP contribution in [0.5, 0.6) is 11.5 Å². The summed E-state index contributed by atoms with van der Waals surface area (Å²) in [5, 5.41) is 14.8. The molecule has 1 atom stereocenters. The van der Waals surface area contributed by atoms with Crippen molar-refractivity contribution in [1.82, 2.24) is 20.1 Å². The van der Waals surface area contributed by atoms with Gasteiger partial charge in [0.15, 0.2) is 11.0 Å². The van der Waals surface area contributed by atoms with E-state index >= 15 is 0 Å². The SMILES string of the molecule is CCOC(=O)c1c(NC(=O)C(C)Sc2nnc(CNC(=O)c3cc(OC)cc(OC)c3)n2C)sc2c1CCCCC2. The zero-order valence-electron chi connectivity index (χ0n) is 23.9. The van der Waals surface area contributed by atoms with Crippen LogP contribution in [0.25, 0.3) is 0 Å². The average molecular weight is 602 g/mol. The molecule has 11 nitrogen and oxygen atoms in total. The number of thioether (sulfide) groups is 1. The van der Waals surface area contributed by atoms with Crippen molar-refractivity contribution in [3.8, 4) is 11.5 Å². The fourth-order valence-electron chi connectivity index (χ4n) is 4.48. The van der Waals surface area contributed by atoms with Crippen LogP contribution in [0.3, 0.4) is 0 Å². The first-order valence-electron chi connectivity index (χ1n) is 13.4. The highest BCUT2D eigenvalue weighted by Crippen LogP contribution is 2.38. The van der Waals surface area contributed by atoms with E-state index in [0.29, 0.717) is 38.6 Å². The topological polar surface area (TPSA) is 134 Å². The maximum Gasteiger partial charge on any atom is 0.341 e. The second-order valence-electron chi connectivity index (χ2n) is 9.48. The Labute approximate surface area is 247 Å². The van der Waals surface area contributed by atoms with E-state index in [1.165, 1.54) is 37.3 Å². The van der Waals surface area contributed by atoms with Crippen molar-refractivity contribution in [3.63, 3.8) is 0 Å². The van der Waals surface area contributed by atoms with Gasteiger partial charge in [0, 0.05) is 23.6 Å². The molecule has 2 N–H and O–H groups in total. The minimum atomic E-state index is -0.526. The van der Waals surface area contributed by atoms with Crippen LogP contribution in [0.1, 0.15) is 70.1 Å². The Morgan fingerprint density at radius 1 is 1.07 bits per heavy atom. The number of carbonyl (C=O) groups is 3. The molecular weight excluding hydrogens is 566 g/mol. The van der Waals surface area contributed by atoms with E-state index in [2.05, 4.69) is 20.8 Å². The molecule has 2 amide bonds. The number of fused-ring (bicyclic) bond motifs is 1. The van der Waals surface area contributed by atoms with Gasteiger partial charge in [-0.15, -0.1) is 21.5 Å². The molecule has 1 unspecified atom stereocenters. The minimum Gasteiger partial charge on any atom is -0.497 e. The molecule has 0 radical (unpaired) electrons. The number of benzene rings is 1. The molecule has 1 aliphatic carbocycles. The van der Waals surface area contributed by atoms with Crippen LogP contribution in [-0.4, -0.2) is 58.6 Å². The predicted octanol–water partition coefficient (Wildman–Crippen LogP) is 4.39. The van der Waals surface area contributed by atoms with E-state index in [-0.39, 0.29) is 25.0 Å². The molecule has 13 heteroatoms. The molecule has 220 valence electrons. The number of esters is 1. The largest absolute Gasteiger partial charge is 0.497 e. The Balaban J connectivity index is 1.41. The van der Waals surface area contributed by atoms with Crippen molar-refractivity contribution in [1.29, 1.82) is 0 Å². The summed E-state index contributed by atoms with van der Waals surface area (Å²) in [7, 11) is 4.81. The van der Waals surface area contributed by atoms with Gasteiger partial charge in [0.1, 0.15) is 16.5 Å². The van der Waals surface area contributed by atoms with Gasteiger partial charge >= 0.3 is 5.97 Å². The van der Waals surface area contributed by atoms with E-state index in [1.54, 1.807) is 43.7 Å². The van der Waals surface area contributed by atoms with Gasteiger partial charge in [0.25, 0.3) is 5.91 Å². The zero-order valence-corrected chi connectivity index (χ0v) is 25.5. The lowest BCUT2D eigenvalue weighted by Crippen LogP contribution is -2.25. The number of methoxy groups -OCH3 is 2. The molecule has 2 aromatic heterocycles. The zero-order chi connectivity index (χ0) is 29.5. The highest BCUT2D eigenvalue weighted by molar-refractivity contribution is 8.00. The highest BCUT2D eigenvalue weighted by atomic mass is 32.2. The van der Waals surface area contributed by atoms with Crippen LogP contribution in [0.2, 0.25) is 0 Å². The first-order chi connectivity index (χ1) is 19.7. The Kier molecular flexibility index (Phi) is 10.3. The van der Waals surface area contributed by atoms with Gasteiger partial charge in [0.2, 0.25) is 5.91 Å². The molecule has 2 heterocycles. The average Bonchev–Trinajstić information content (AvgIpc) is 3.39. The van der Waals surface area contributed by atoms with Gasteiger partial charge in [-0.25, -0.2) is 4.79 Å². The first kappa shape index (κ1) is 30.4. The summed E-state index contributed by atoms with van der Waals surface area (Å²) in [5.41, 5.74) is 1.88. The molecule has 0 saturated carbocycles. The summed E-state index contributed by atoms with van der Waals surface area (Å²) >= 11 is 2.71. The van der Waals surface area contributed by atoms with Crippen LogP contribution < -0.4 is 20.1 Å². The quantitative estimate of drug-likeness (QED) is 0.186. The van der Waals surface area contributed by atoms with E-state index in [9.17, 15) is 14.4 Å². The van der Waals surface area contributed by atoms with Crippen molar-refractivity contribution in [2.45, 2.75) is 62.9 Å². The number of aromatic nitrogens is 3. The minimum absolute atomic E-state index is 0.132. The van der Waals surface area contributed by atoms with E-state index in [1.807, 2.05) is 0 Å². The van der Waals surface area contributed by atoms with Crippen molar-refractivity contribution in [2.75, 3.05) is 26.1 Å². The van der Waals surface area contributed by atoms with Gasteiger partial charge in [-0.05, 0) is 57.2 Å².